The smallest absolute Gasteiger partial charge is 0.162 e. The van der Waals surface area contributed by atoms with Crippen LogP contribution in [0.5, 0.6) is 0 Å². The summed E-state index contributed by atoms with van der Waals surface area (Å²) in [4.78, 5) is 14.0. The number of rotatable bonds is 3. The molecular formula is C14H19NO. The first-order valence-corrected chi connectivity index (χ1v) is 6.17. The lowest BCUT2D eigenvalue weighted by molar-refractivity contribution is 0.0988. The predicted molar refractivity (Wildman–Crippen MR) is 67.3 cm³/mol. The lowest BCUT2D eigenvalue weighted by Gasteiger charge is -2.30. The van der Waals surface area contributed by atoms with Gasteiger partial charge in [-0.05, 0) is 43.5 Å². The van der Waals surface area contributed by atoms with Crippen molar-refractivity contribution in [2.24, 2.45) is 0 Å². The van der Waals surface area contributed by atoms with Crippen molar-refractivity contribution in [3.8, 4) is 0 Å². The molecule has 0 unspecified atom stereocenters. The zero-order chi connectivity index (χ0) is 11.5. The van der Waals surface area contributed by atoms with Crippen LogP contribution in [0, 0.1) is 0 Å². The van der Waals surface area contributed by atoms with Crippen LogP contribution in [-0.2, 0) is 6.42 Å². The van der Waals surface area contributed by atoms with E-state index in [0.717, 1.165) is 25.1 Å². The maximum absolute atomic E-state index is 11.6. The van der Waals surface area contributed by atoms with Crippen molar-refractivity contribution in [3.05, 3.63) is 29.3 Å². The third-order valence-corrected chi connectivity index (χ3v) is 3.32. The molecule has 2 nitrogen and oxygen atoms in total. The standard InChI is InChI=1S/C14H19NO/c1-3-14(16)12-7-8-13-11(10-12)6-5-9-15(13)4-2/h7-8,10H,3-6,9H2,1-2H3. The monoisotopic (exact) mass is 217 g/mol. The van der Waals surface area contributed by atoms with Crippen molar-refractivity contribution >= 4 is 11.5 Å². The molecule has 0 aliphatic carbocycles. The summed E-state index contributed by atoms with van der Waals surface area (Å²) in [5.74, 6) is 0.247. The van der Waals surface area contributed by atoms with Crippen LogP contribution in [0.25, 0.3) is 0 Å². The van der Waals surface area contributed by atoms with E-state index in [4.69, 9.17) is 0 Å². The third-order valence-electron chi connectivity index (χ3n) is 3.32. The molecule has 0 spiro atoms. The minimum Gasteiger partial charge on any atom is -0.372 e. The van der Waals surface area contributed by atoms with Crippen molar-refractivity contribution in [3.63, 3.8) is 0 Å². The maximum Gasteiger partial charge on any atom is 0.162 e. The molecule has 2 rings (SSSR count). The average molecular weight is 217 g/mol. The molecule has 1 aromatic rings. The molecule has 0 bridgehead atoms. The number of ketones is 1. The summed E-state index contributed by atoms with van der Waals surface area (Å²) in [6.45, 7) is 6.29. The highest BCUT2D eigenvalue weighted by Crippen LogP contribution is 2.28. The highest BCUT2D eigenvalue weighted by atomic mass is 16.1. The molecule has 0 N–H and O–H groups in total. The van der Waals surface area contributed by atoms with Gasteiger partial charge in [0.2, 0.25) is 0 Å². The predicted octanol–water partition coefficient (Wildman–Crippen LogP) is 3.05. The number of Topliss-reactive ketones (excluding diaryl/α,β-unsaturated/α-hetero) is 1. The Kier molecular flexibility index (Phi) is 3.28. The zero-order valence-electron chi connectivity index (χ0n) is 10.1. The Morgan fingerprint density at radius 3 is 2.88 bits per heavy atom. The van der Waals surface area contributed by atoms with Gasteiger partial charge in [0, 0.05) is 30.8 Å². The van der Waals surface area contributed by atoms with Crippen LogP contribution in [0.4, 0.5) is 5.69 Å². The average Bonchev–Trinajstić information content (AvgIpc) is 2.36. The molecule has 0 fully saturated rings. The number of anilines is 1. The number of hydrogen-bond acceptors (Lipinski definition) is 2. The van der Waals surface area contributed by atoms with Crippen molar-refractivity contribution in [2.75, 3.05) is 18.0 Å². The molecule has 0 radical (unpaired) electrons. The van der Waals surface area contributed by atoms with Gasteiger partial charge in [-0.25, -0.2) is 0 Å². The van der Waals surface area contributed by atoms with Crippen LogP contribution in [-0.4, -0.2) is 18.9 Å². The van der Waals surface area contributed by atoms with Gasteiger partial charge >= 0.3 is 0 Å². The lowest BCUT2D eigenvalue weighted by Crippen LogP contribution is -2.29. The summed E-state index contributed by atoms with van der Waals surface area (Å²) >= 11 is 0. The zero-order valence-corrected chi connectivity index (χ0v) is 10.1. The lowest BCUT2D eigenvalue weighted by atomic mass is 9.97. The summed E-state index contributed by atoms with van der Waals surface area (Å²) < 4.78 is 0. The van der Waals surface area contributed by atoms with Crippen LogP contribution in [0.1, 0.15) is 42.6 Å². The summed E-state index contributed by atoms with van der Waals surface area (Å²) in [7, 11) is 0. The minimum atomic E-state index is 0.247. The summed E-state index contributed by atoms with van der Waals surface area (Å²) in [6, 6.07) is 6.17. The van der Waals surface area contributed by atoms with Crippen LogP contribution in [0.2, 0.25) is 0 Å². The van der Waals surface area contributed by atoms with E-state index in [9.17, 15) is 4.79 Å². The van der Waals surface area contributed by atoms with E-state index in [1.807, 2.05) is 13.0 Å². The number of hydrogen-bond donors (Lipinski definition) is 0. The van der Waals surface area contributed by atoms with E-state index in [0.29, 0.717) is 6.42 Å². The first-order valence-electron chi connectivity index (χ1n) is 6.17. The van der Waals surface area contributed by atoms with Gasteiger partial charge < -0.3 is 4.90 Å². The number of nitrogens with zero attached hydrogens (tertiary/aromatic N) is 1. The Balaban J connectivity index is 2.35. The molecule has 86 valence electrons. The minimum absolute atomic E-state index is 0.247. The second kappa shape index (κ2) is 4.69. The Labute approximate surface area is 97.3 Å². The molecule has 2 heteroatoms. The molecule has 1 aliphatic heterocycles. The molecule has 0 atom stereocenters. The third kappa shape index (κ3) is 1.97. The maximum atomic E-state index is 11.6. The van der Waals surface area contributed by atoms with Gasteiger partial charge in [-0.15, -0.1) is 0 Å². The Hall–Kier alpha value is -1.31. The summed E-state index contributed by atoms with van der Waals surface area (Å²) in [6.07, 6.45) is 2.90. The Bertz CT molecular complexity index is 398. The van der Waals surface area contributed by atoms with Crippen LogP contribution >= 0.6 is 0 Å². The van der Waals surface area contributed by atoms with Gasteiger partial charge in [0.05, 0.1) is 0 Å². The second-order valence-corrected chi connectivity index (χ2v) is 4.30. The highest BCUT2D eigenvalue weighted by molar-refractivity contribution is 5.96. The molecular weight excluding hydrogens is 198 g/mol. The SMILES string of the molecule is CCC(=O)c1ccc2c(c1)CCCN2CC. The van der Waals surface area contributed by atoms with E-state index in [-0.39, 0.29) is 5.78 Å². The summed E-state index contributed by atoms with van der Waals surface area (Å²) in [5.41, 5.74) is 3.54. The molecule has 0 saturated carbocycles. The van der Waals surface area contributed by atoms with E-state index >= 15 is 0 Å². The van der Waals surface area contributed by atoms with E-state index in [2.05, 4.69) is 24.0 Å². The van der Waals surface area contributed by atoms with Crippen LogP contribution in [0.3, 0.4) is 0 Å². The van der Waals surface area contributed by atoms with Crippen molar-refractivity contribution in [1.29, 1.82) is 0 Å². The van der Waals surface area contributed by atoms with E-state index in [1.165, 1.54) is 17.7 Å². The van der Waals surface area contributed by atoms with Crippen molar-refractivity contribution in [1.82, 2.24) is 0 Å². The largest absolute Gasteiger partial charge is 0.372 e. The first kappa shape index (κ1) is 11.2. The van der Waals surface area contributed by atoms with E-state index < -0.39 is 0 Å². The topological polar surface area (TPSA) is 20.3 Å². The van der Waals surface area contributed by atoms with Gasteiger partial charge in [-0.3, -0.25) is 4.79 Å². The molecule has 1 aromatic carbocycles. The number of fused-ring (bicyclic) bond motifs is 1. The normalized spacial score (nSPS) is 14.8. The van der Waals surface area contributed by atoms with E-state index in [1.54, 1.807) is 0 Å². The molecule has 16 heavy (non-hydrogen) atoms. The molecule has 1 heterocycles. The molecule has 0 amide bonds. The fourth-order valence-electron chi connectivity index (χ4n) is 2.38. The molecule has 1 aliphatic rings. The fourth-order valence-corrected chi connectivity index (χ4v) is 2.38. The number of carbonyl (C=O) groups is 1. The van der Waals surface area contributed by atoms with Gasteiger partial charge in [-0.1, -0.05) is 6.92 Å². The Morgan fingerprint density at radius 2 is 2.19 bits per heavy atom. The van der Waals surface area contributed by atoms with Gasteiger partial charge in [0.25, 0.3) is 0 Å². The van der Waals surface area contributed by atoms with Gasteiger partial charge in [0.1, 0.15) is 0 Å². The van der Waals surface area contributed by atoms with Crippen molar-refractivity contribution < 1.29 is 4.79 Å². The van der Waals surface area contributed by atoms with Crippen molar-refractivity contribution in [2.45, 2.75) is 33.1 Å². The summed E-state index contributed by atoms with van der Waals surface area (Å²) in [5, 5.41) is 0. The number of benzene rings is 1. The van der Waals surface area contributed by atoms with Crippen LogP contribution in [0.15, 0.2) is 18.2 Å². The first-order chi connectivity index (χ1) is 7.76. The van der Waals surface area contributed by atoms with Gasteiger partial charge in [0.15, 0.2) is 5.78 Å². The van der Waals surface area contributed by atoms with Crippen LogP contribution < -0.4 is 4.90 Å². The number of aryl methyl sites for hydroxylation is 1. The Morgan fingerprint density at radius 1 is 1.38 bits per heavy atom. The molecule has 0 saturated heterocycles. The fraction of sp³-hybridized carbons (Fsp3) is 0.500. The number of carbonyl (C=O) groups excluding carboxylic acids is 1. The quantitative estimate of drug-likeness (QED) is 0.725. The molecule has 0 aromatic heterocycles. The second-order valence-electron chi connectivity index (χ2n) is 4.30. The highest BCUT2D eigenvalue weighted by Gasteiger charge is 2.16. The van der Waals surface area contributed by atoms with Gasteiger partial charge in [-0.2, -0.15) is 0 Å².